The summed E-state index contributed by atoms with van der Waals surface area (Å²) in [6.45, 7) is 2.44. The molecule has 23 heavy (non-hydrogen) atoms. The molecule has 0 radical (unpaired) electrons. The maximum atomic E-state index is 12.1. The normalized spacial score (nSPS) is 11.9. The number of nitrogens with zero attached hydrogens (tertiary/aromatic N) is 2. The fraction of sp³-hybridized carbons (Fsp3) is 0.353. The van der Waals surface area contributed by atoms with Crippen molar-refractivity contribution in [3.05, 3.63) is 64.1 Å². The average Bonchev–Trinajstić information content (AvgIpc) is 2.56. The summed E-state index contributed by atoms with van der Waals surface area (Å²) in [5.74, 6) is -0.401. The van der Waals surface area contributed by atoms with Gasteiger partial charge in [-0.15, -0.1) is 0 Å². The van der Waals surface area contributed by atoms with E-state index >= 15 is 0 Å². The second-order valence-corrected chi connectivity index (χ2v) is 5.35. The Balaban J connectivity index is 2.07. The van der Waals surface area contributed by atoms with Gasteiger partial charge in [-0.05, 0) is 18.1 Å². The number of hydrogen-bond acceptors (Lipinski definition) is 4. The minimum Gasteiger partial charge on any atom is -0.391 e. The van der Waals surface area contributed by atoms with Crippen molar-refractivity contribution in [2.75, 3.05) is 6.54 Å². The summed E-state index contributed by atoms with van der Waals surface area (Å²) in [5, 5.41) is 16.4. The minimum absolute atomic E-state index is 0.157. The molecule has 1 atom stereocenters. The molecule has 1 aromatic heterocycles. The van der Waals surface area contributed by atoms with Crippen LogP contribution in [0, 0.1) is 0 Å². The van der Waals surface area contributed by atoms with E-state index in [1.807, 2.05) is 37.3 Å². The molecule has 2 aromatic rings. The summed E-state index contributed by atoms with van der Waals surface area (Å²) in [6.07, 6.45) is 0.900. The minimum atomic E-state index is -0.570. The molecule has 6 heteroatoms. The summed E-state index contributed by atoms with van der Waals surface area (Å²) in [7, 11) is 0. The number of aromatic nitrogens is 2. The number of hydrogen-bond donors (Lipinski definition) is 2. The van der Waals surface area contributed by atoms with Gasteiger partial charge in [0.05, 0.1) is 12.6 Å². The largest absolute Gasteiger partial charge is 0.391 e. The molecule has 122 valence electrons. The van der Waals surface area contributed by atoms with Crippen LogP contribution in [-0.4, -0.2) is 33.4 Å². The molecule has 1 heterocycles. The Hall–Kier alpha value is -2.47. The number of aliphatic hydroxyl groups excluding tert-OH is 1. The molecular weight excluding hydrogens is 294 g/mol. The van der Waals surface area contributed by atoms with Gasteiger partial charge in [-0.2, -0.15) is 5.10 Å². The summed E-state index contributed by atoms with van der Waals surface area (Å²) < 4.78 is 1.26. The second-order valence-electron chi connectivity index (χ2n) is 5.35. The second kappa shape index (κ2) is 8.24. The van der Waals surface area contributed by atoms with Crippen LogP contribution >= 0.6 is 0 Å². The van der Waals surface area contributed by atoms with E-state index in [2.05, 4.69) is 10.4 Å². The molecule has 2 rings (SSSR count). The van der Waals surface area contributed by atoms with Crippen LogP contribution < -0.4 is 10.9 Å². The molecule has 0 aliphatic carbocycles. The topological polar surface area (TPSA) is 84.2 Å². The van der Waals surface area contributed by atoms with Gasteiger partial charge in [0.1, 0.15) is 5.69 Å². The summed E-state index contributed by atoms with van der Waals surface area (Å²) in [6, 6.07) is 12.2. The molecule has 1 unspecified atom stereocenters. The van der Waals surface area contributed by atoms with Crippen LogP contribution in [0.5, 0.6) is 0 Å². The van der Waals surface area contributed by atoms with Crippen molar-refractivity contribution in [1.29, 1.82) is 0 Å². The molecule has 0 bridgehead atoms. The first-order valence-electron chi connectivity index (χ1n) is 7.68. The summed E-state index contributed by atoms with van der Waals surface area (Å²) in [5.41, 5.74) is 0.818. The van der Waals surface area contributed by atoms with E-state index in [-0.39, 0.29) is 17.8 Å². The molecular formula is C17H21N3O3. The number of carbonyl (C=O) groups is 1. The van der Waals surface area contributed by atoms with E-state index in [1.54, 1.807) is 0 Å². The lowest BCUT2D eigenvalue weighted by Gasteiger charge is -2.11. The third-order valence-electron chi connectivity index (χ3n) is 3.39. The average molecular weight is 315 g/mol. The number of aliphatic hydroxyl groups is 1. The van der Waals surface area contributed by atoms with Gasteiger partial charge in [-0.25, -0.2) is 4.68 Å². The van der Waals surface area contributed by atoms with E-state index < -0.39 is 12.0 Å². The zero-order valence-corrected chi connectivity index (χ0v) is 13.1. The SMILES string of the molecule is CCCC(O)CNC(=O)c1ccc(=O)n(Cc2ccccc2)n1. The van der Waals surface area contributed by atoms with Gasteiger partial charge in [0, 0.05) is 12.6 Å². The maximum absolute atomic E-state index is 12.1. The molecule has 0 aliphatic rings. The molecule has 6 nitrogen and oxygen atoms in total. The number of benzene rings is 1. The first-order valence-corrected chi connectivity index (χ1v) is 7.68. The van der Waals surface area contributed by atoms with Gasteiger partial charge in [0.2, 0.25) is 0 Å². The van der Waals surface area contributed by atoms with Gasteiger partial charge in [-0.3, -0.25) is 9.59 Å². The summed E-state index contributed by atoms with van der Waals surface area (Å²) >= 11 is 0. The fourth-order valence-corrected chi connectivity index (χ4v) is 2.18. The van der Waals surface area contributed by atoms with Gasteiger partial charge in [0.15, 0.2) is 0 Å². The van der Waals surface area contributed by atoms with Crippen molar-refractivity contribution >= 4 is 5.91 Å². The Morgan fingerprint density at radius 2 is 2.00 bits per heavy atom. The molecule has 0 spiro atoms. The Morgan fingerprint density at radius 1 is 1.26 bits per heavy atom. The van der Waals surface area contributed by atoms with Crippen molar-refractivity contribution in [3.63, 3.8) is 0 Å². The number of amides is 1. The van der Waals surface area contributed by atoms with Crippen molar-refractivity contribution in [3.8, 4) is 0 Å². The third-order valence-corrected chi connectivity index (χ3v) is 3.39. The van der Waals surface area contributed by atoms with Crippen LogP contribution in [0.15, 0.2) is 47.3 Å². The Morgan fingerprint density at radius 3 is 2.70 bits per heavy atom. The predicted octanol–water partition coefficient (Wildman–Crippen LogP) is 1.18. The van der Waals surface area contributed by atoms with Gasteiger partial charge < -0.3 is 10.4 Å². The molecule has 0 saturated heterocycles. The predicted molar refractivity (Wildman–Crippen MR) is 87.3 cm³/mol. The highest BCUT2D eigenvalue weighted by Gasteiger charge is 2.11. The Labute approximate surface area is 134 Å². The first kappa shape index (κ1) is 16.9. The van der Waals surface area contributed by atoms with Gasteiger partial charge in [-0.1, -0.05) is 43.7 Å². The molecule has 1 amide bonds. The number of nitrogens with one attached hydrogen (secondary N) is 1. The zero-order valence-electron chi connectivity index (χ0n) is 13.1. The quantitative estimate of drug-likeness (QED) is 0.803. The van der Waals surface area contributed by atoms with Crippen LogP contribution in [-0.2, 0) is 6.54 Å². The maximum Gasteiger partial charge on any atom is 0.271 e. The smallest absolute Gasteiger partial charge is 0.271 e. The molecule has 2 N–H and O–H groups in total. The van der Waals surface area contributed by atoms with Gasteiger partial charge >= 0.3 is 0 Å². The highest BCUT2D eigenvalue weighted by atomic mass is 16.3. The van der Waals surface area contributed by atoms with Crippen molar-refractivity contribution in [2.24, 2.45) is 0 Å². The van der Waals surface area contributed by atoms with Crippen molar-refractivity contribution < 1.29 is 9.90 Å². The number of carbonyl (C=O) groups excluding carboxylic acids is 1. The van der Waals surface area contributed by atoms with Crippen LogP contribution in [0.1, 0.15) is 35.8 Å². The third kappa shape index (κ3) is 5.03. The van der Waals surface area contributed by atoms with Crippen molar-refractivity contribution in [2.45, 2.75) is 32.4 Å². The lowest BCUT2D eigenvalue weighted by Crippen LogP contribution is -2.34. The lowest BCUT2D eigenvalue weighted by molar-refractivity contribution is 0.0903. The Kier molecular flexibility index (Phi) is 6.05. The highest BCUT2D eigenvalue weighted by molar-refractivity contribution is 5.91. The number of rotatable bonds is 7. The van der Waals surface area contributed by atoms with Crippen LogP contribution in [0.3, 0.4) is 0 Å². The fourth-order valence-electron chi connectivity index (χ4n) is 2.18. The molecule has 0 fully saturated rings. The molecule has 0 aliphatic heterocycles. The standard InChI is InChI=1S/C17H21N3O3/c1-2-6-14(21)11-18-17(23)15-9-10-16(22)20(19-15)12-13-7-4-3-5-8-13/h3-5,7-10,14,21H,2,6,11-12H2,1H3,(H,18,23). The summed E-state index contributed by atoms with van der Waals surface area (Å²) in [4.78, 5) is 23.9. The van der Waals surface area contributed by atoms with Crippen LogP contribution in [0.4, 0.5) is 0 Å². The van der Waals surface area contributed by atoms with Crippen molar-refractivity contribution in [1.82, 2.24) is 15.1 Å². The monoisotopic (exact) mass is 315 g/mol. The lowest BCUT2D eigenvalue weighted by atomic mass is 10.2. The molecule has 0 saturated carbocycles. The van der Waals surface area contributed by atoms with E-state index in [1.165, 1.54) is 16.8 Å². The van der Waals surface area contributed by atoms with Gasteiger partial charge in [0.25, 0.3) is 11.5 Å². The zero-order chi connectivity index (χ0) is 16.7. The van der Waals surface area contributed by atoms with E-state index in [4.69, 9.17) is 0 Å². The van der Waals surface area contributed by atoms with Crippen LogP contribution in [0.25, 0.3) is 0 Å². The highest BCUT2D eigenvalue weighted by Crippen LogP contribution is 2.00. The van der Waals surface area contributed by atoms with Crippen LogP contribution in [0.2, 0.25) is 0 Å². The Bertz CT molecular complexity index is 698. The van der Waals surface area contributed by atoms with E-state index in [9.17, 15) is 14.7 Å². The van der Waals surface area contributed by atoms with E-state index in [0.717, 1.165) is 12.0 Å². The van der Waals surface area contributed by atoms with E-state index in [0.29, 0.717) is 13.0 Å². The molecule has 1 aromatic carbocycles. The first-order chi connectivity index (χ1) is 11.1.